The van der Waals surface area contributed by atoms with Gasteiger partial charge in [0.15, 0.2) is 0 Å². The van der Waals surface area contributed by atoms with E-state index in [1.54, 1.807) is 38.3 Å². The molecule has 0 unspecified atom stereocenters. The van der Waals surface area contributed by atoms with Gasteiger partial charge < -0.3 is 19.1 Å². The van der Waals surface area contributed by atoms with Gasteiger partial charge in [0.25, 0.3) is 0 Å². The molecule has 0 amide bonds. The van der Waals surface area contributed by atoms with Crippen LogP contribution in [0.3, 0.4) is 0 Å². The van der Waals surface area contributed by atoms with Crippen molar-refractivity contribution >= 4 is 7.32 Å². The van der Waals surface area contributed by atoms with Gasteiger partial charge in [-0.3, -0.25) is 0 Å². The maximum atomic E-state index is 9.18. The molecule has 0 saturated carbocycles. The molecule has 5 heteroatoms. The number of benzene rings is 1. The minimum Gasteiger partial charge on any atom is -0.512 e. The third-order valence-corrected chi connectivity index (χ3v) is 1.59. The summed E-state index contributed by atoms with van der Waals surface area (Å²) in [5.74, 6) is 1.18. The molecule has 0 fully saturated rings. The molecular formula is C9H13BO4. The molecule has 0 aliphatic rings. The Balaban J connectivity index is 2.57. The molecule has 0 spiro atoms. The van der Waals surface area contributed by atoms with Crippen molar-refractivity contribution in [3.63, 3.8) is 0 Å². The molecule has 1 aromatic rings. The highest BCUT2D eigenvalue weighted by Crippen LogP contribution is 2.19. The van der Waals surface area contributed by atoms with E-state index in [1.807, 2.05) is 0 Å². The lowest BCUT2D eigenvalue weighted by atomic mass is 10.2. The summed E-state index contributed by atoms with van der Waals surface area (Å²) in [6.45, 7) is 2.17. The molecule has 1 rings (SSSR count). The number of ether oxygens (including phenoxy) is 1. The van der Waals surface area contributed by atoms with Gasteiger partial charge >= 0.3 is 7.32 Å². The quantitative estimate of drug-likeness (QED) is 0.716. The second kappa shape index (κ2) is 5.52. The zero-order valence-corrected chi connectivity index (χ0v) is 8.27. The van der Waals surface area contributed by atoms with E-state index in [9.17, 15) is 5.02 Å². The number of hydrogen-bond acceptors (Lipinski definition) is 4. The zero-order valence-electron chi connectivity index (χ0n) is 8.27. The molecular weight excluding hydrogens is 183 g/mol. The van der Waals surface area contributed by atoms with Crippen molar-refractivity contribution in [3.05, 3.63) is 24.3 Å². The van der Waals surface area contributed by atoms with Crippen LogP contribution in [0.2, 0.25) is 0 Å². The SMILES string of the molecule is CCOB(O)Oc1cccc(OC)c1. The van der Waals surface area contributed by atoms with Crippen LogP contribution in [-0.4, -0.2) is 26.1 Å². The topological polar surface area (TPSA) is 47.9 Å². The van der Waals surface area contributed by atoms with Gasteiger partial charge in [-0.25, -0.2) is 0 Å². The van der Waals surface area contributed by atoms with Crippen molar-refractivity contribution in [2.75, 3.05) is 13.7 Å². The van der Waals surface area contributed by atoms with Gasteiger partial charge in [-0.1, -0.05) is 6.07 Å². The molecule has 14 heavy (non-hydrogen) atoms. The first kappa shape index (κ1) is 10.9. The molecule has 76 valence electrons. The molecule has 0 aliphatic heterocycles. The number of rotatable bonds is 5. The average molecular weight is 196 g/mol. The first-order valence-electron chi connectivity index (χ1n) is 4.36. The third-order valence-electron chi connectivity index (χ3n) is 1.59. The van der Waals surface area contributed by atoms with E-state index in [-0.39, 0.29) is 0 Å². The fourth-order valence-electron chi connectivity index (χ4n) is 0.968. The zero-order chi connectivity index (χ0) is 10.4. The Morgan fingerprint density at radius 1 is 1.36 bits per heavy atom. The lowest BCUT2D eigenvalue weighted by molar-refractivity contribution is 0.204. The molecule has 1 aromatic carbocycles. The Hall–Kier alpha value is -1.20. The predicted octanol–water partition coefficient (Wildman–Crippen LogP) is 1.09. The summed E-state index contributed by atoms with van der Waals surface area (Å²) in [5.41, 5.74) is 0. The average Bonchev–Trinajstić information content (AvgIpc) is 2.18. The summed E-state index contributed by atoms with van der Waals surface area (Å²) >= 11 is 0. The minimum atomic E-state index is -1.23. The Bertz CT molecular complexity index is 279. The summed E-state index contributed by atoms with van der Waals surface area (Å²) < 4.78 is 14.9. The van der Waals surface area contributed by atoms with Crippen molar-refractivity contribution in [2.45, 2.75) is 6.92 Å². The van der Waals surface area contributed by atoms with E-state index in [1.165, 1.54) is 0 Å². The molecule has 1 N–H and O–H groups in total. The molecule has 0 saturated heterocycles. The predicted molar refractivity (Wildman–Crippen MR) is 53.2 cm³/mol. The Morgan fingerprint density at radius 2 is 2.07 bits per heavy atom. The Labute approximate surface area is 83.6 Å². The first-order valence-corrected chi connectivity index (χ1v) is 4.36. The van der Waals surface area contributed by atoms with E-state index >= 15 is 0 Å². The van der Waals surface area contributed by atoms with Crippen molar-refractivity contribution < 1.29 is 19.1 Å². The first-order chi connectivity index (χ1) is 6.76. The van der Waals surface area contributed by atoms with Crippen LogP contribution < -0.4 is 9.39 Å². The molecule has 0 aliphatic carbocycles. The summed E-state index contributed by atoms with van der Waals surface area (Å²) in [6, 6.07) is 6.94. The monoisotopic (exact) mass is 196 g/mol. The van der Waals surface area contributed by atoms with E-state index in [4.69, 9.17) is 14.0 Å². The van der Waals surface area contributed by atoms with Gasteiger partial charge in [0.2, 0.25) is 0 Å². The van der Waals surface area contributed by atoms with Gasteiger partial charge in [-0.2, -0.15) is 0 Å². The van der Waals surface area contributed by atoms with Crippen LogP contribution in [0.15, 0.2) is 24.3 Å². The van der Waals surface area contributed by atoms with Gasteiger partial charge in [-0.05, 0) is 19.1 Å². The summed E-state index contributed by atoms with van der Waals surface area (Å²) in [6.07, 6.45) is 0. The lowest BCUT2D eigenvalue weighted by Gasteiger charge is -2.09. The number of hydrogen-bond donors (Lipinski definition) is 1. The van der Waals surface area contributed by atoms with Crippen LogP contribution in [0, 0.1) is 0 Å². The molecule has 0 atom stereocenters. The standard InChI is InChI=1S/C9H13BO4/c1-3-13-10(11)14-9-6-4-5-8(7-9)12-2/h4-7,11H,3H2,1-2H3. The molecule has 4 nitrogen and oxygen atoms in total. The van der Waals surface area contributed by atoms with E-state index in [2.05, 4.69) is 0 Å². The van der Waals surface area contributed by atoms with Gasteiger partial charge in [0.05, 0.1) is 7.11 Å². The molecule has 0 heterocycles. The maximum absolute atomic E-state index is 9.18. The molecule has 0 bridgehead atoms. The second-order valence-corrected chi connectivity index (χ2v) is 2.56. The van der Waals surface area contributed by atoms with Crippen LogP contribution in [0.1, 0.15) is 6.92 Å². The maximum Gasteiger partial charge on any atom is 0.710 e. The fraction of sp³-hybridized carbons (Fsp3) is 0.333. The smallest absolute Gasteiger partial charge is 0.512 e. The summed E-state index contributed by atoms with van der Waals surface area (Å²) in [5, 5.41) is 9.18. The van der Waals surface area contributed by atoms with Crippen LogP contribution in [0.25, 0.3) is 0 Å². The van der Waals surface area contributed by atoms with Crippen LogP contribution in [0.5, 0.6) is 11.5 Å². The van der Waals surface area contributed by atoms with Gasteiger partial charge in [0.1, 0.15) is 11.5 Å². The van der Waals surface area contributed by atoms with Crippen LogP contribution in [0.4, 0.5) is 0 Å². The van der Waals surface area contributed by atoms with E-state index in [0.29, 0.717) is 18.1 Å². The highest BCUT2D eigenvalue weighted by Gasteiger charge is 2.16. The van der Waals surface area contributed by atoms with Crippen molar-refractivity contribution in [1.29, 1.82) is 0 Å². The lowest BCUT2D eigenvalue weighted by Crippen LogP contribution is -2.25. The Morgan fingerprint density at radius 3 is 2.71 bits per heavy atom. The largest absolute Gasteiger partial charge is 0.710 e. The molecule has 0 radical (unpaired) electrons. The van der Waals surface area contributed by atoms with Crippen LogP contribution in [-0.2, 0) is 4.65 Å². The highest BCUT2D eigenvalue weighted by molar-refractivity contribution is 6.35. The summed E-state index contributed by atoms with van der Waals surface area (Å²) in [4.78, 5) is 0. The van der Waals surface area contributed by atoms with Crippen molar-refractivity contribution in [1.82, 2.24) is 0 Å². The highest BCUT2D eigenvalue weighted by atomic mass is 16.7. The molecule has 0 aromatic heterocycles. The Kier molecular flexibility index (Phi) is 4.29. The van der Waals surface area contributed by atoms with E-state index in [0.717, 1.165) is 0 Å². The normalized spacial score (nSPS) is 9.64. The van der Waals surface area contributed by atoms with Gasteiger partial charge in [0, 0.05) is 12.7 Å². The number of methoxy groups -OCH3 is 1. The minimum absolute atomic E-state index is 0.394. The van der Waals surface area contributed by atoms with Gasteiger partial charge in [-0.15, -0.1) is 0 Å². The summed E-state index contributed by atoms with van der Waals surface area (Å²) in [7, 11) is 0.338. The second-order valence-electron chi connectivity index (χ2n) is 2.56. The van der Waals surface area contributed by atoms with E-state index < -0.39 is 7.32 Å². The van der Waals surface area contributed by atoms with Crippen molar-refractivity contribution in [2.24, 2.45) is 0 Å². The fourth-order valence-corrected chi connectivity index (χ4v) is 0.968. The van der Waals surface area contributed by atoms with Crippen LogP contribution >= 0.6 is 0 Å². The van der Waals surface area contributed by atoms with Crippen molar-refractivity contribution in [3.8, 4) is 11.5 Å². The third kappa shape index (κ3) is 3.28.